The average molecular weight is 262 g/mol. The Hall–Kier alpha value is -1.36. The fraction of sp³-hybridized carbons (Fsp3) is 0.714. The molecule has 5 nitrogen and oxygen atoms in total. The van der Waals surface area contributed by atoms with Gasteiger partial charge in [-0.25, -0.2) is 4.98 Å². The topological polar surface area (TPSA) is 64.3 Å². The van der Waals surface area contributed by atoms with Gasteiger partial charge < -0.3 is 15.4 Å². The molecule has 2 N–H and O–H groups in total. The summed E-state index contributed by atoms with van der Waals surface area (Å²) in [5.41, 5.74) is 7.30. The summed E-state index contributed by atoms with van der Waals surface area (Å²) in [6, 6.07) is 1.88. The monoisotopic (exact) mass is 262 g/mol. The molecule has 0 aromatic carbocycles. The van der Waals surface area contributed by atoms with Crippen LogP contribution in [0.4, 0.5) is 5.95 Å². The average Bonchev–Trinajstić information content (AvgIpc) is 3.16. The van der Waals surface area contributed by atoms with Crippen LogP contribution in [0.5, 0.6) is 5.88 Å². The van der Waals surface area contributed by atoms with Crippen molar-refractivity contribution in [1.82, 2.24) is 9.97 Å². The van der Waals surface area contributed by atoms with Crippen molar-refractivity contribution in [2.75, 3.05) is 24.6 Å². The maximum atomic E-state index is 6.36. The molecule has 19 heavy (non-hydrogen) atoms. The number of aromatic nitrogens is 2. The first-order valence-electron chi connectivity index (χ1n) is 7.13. The molecule has 3 rings (SSSR count). The number of hydrogen-bond acceptors (Lipinski definition) is 5. The van der Waals surface area contributed by atoms with Gasteiger partial charge in [0.1, 0.15) is 0 Å². The molecular weight excluding hydrogens is 240 g/mol. The quantitative estimate of drug-likeness (QED) is 0.871. The SMILES string of the molecule is CCCOc1cc(C)nc(N2CC(N)(C3CC3)C2)n1. The second kappa shape index (κ2) is 4.63. The van der Waals surface area contributed by atoms with Crippen molar-refractivity contribution >= 4 is 5.95 Å². The van der Waals surface area contributed by atoms with Gasteiger partial charge >= 0.3 is 0 Å². The van der Waals surface area contributed by atoms with Gasteiger partial charge in [0, 0.05) is 24.8 Å². The summed E-state index contributed by atoms with van der Waals surface area (Å²) in [6.07, 6.45) is 3.55. The van der Waals surface area contributed by atoms with Gasteiger partial charge in [-0.1, -0.05) is 6.92 Å². The van der Waals surface area contributed by atoms with E-state index >= 15 is 0 Å². The molecule has 0 atom stereocenters. The van der Waals surface area contributed by atoms with Gasteiger partial charge in [-0.2, -0.15) is 4.98 Å². The highest BCUT2D eigenvalue weighted by atomic mass is 16.5. The standard InChI is InChI=1S/C14H22N4O/c1-3-6-19-12-7-10(2)16-13(17-12)18-8-14(15,9-18)11-4-5-11/h7,11H,3-6,8-9,15H2,1-2H3. The van der Waals surface area contributed by atoms with Crippen LogP contribution >= 0.6 is 0 Å². The lowest BCUT2D eigenvalue weighted by Crippen LogP contribution is -2.69. The smallest absolute Gasteiger partial charge is 0.228 e. The van der Waals surface area contributed by atoms with Crippen molar-refractivity contribution in [2.45, 2.75) is 38.6 Å². The largest absolute Gasteiger partial charge is 0.478 e. The molecule has 0 spiro atoms. The lowest BCUT2D eigenvalue weighted by Gasteiger charge is -2.48. The van der Waals surface area contributed by atoms with E-state index in [2.05, 4.69) is 21.8 Å². The van der Waals surface area contributed by atoms with Crippen LogP contribution in [0.15, 0.2) is 6.07 Å². The summed E-state index contributed by atoms with van der Waals surface area (Å²) < 4.78 is 5.60. The summed E-state index contributed by atoms with van der Waals surface area (Å²) in [4.78, 5) is 11.1. The highest BCUT2D eigenvalue weighted by molar-refractivity contribution is 5.41. The molecule has 1 saturated heterocycles. The summed E-state index contributed by atoms with van der Waals surface area (Å²) in [6.45, 7) is 6.49. The third-order valence-electron chi connectivity index (χ3n) is 3.92. The fourth-order valence-corrected chi connectivity index (χ4v) is 2.67. The minimum atomic E-state index is -0.00244. The van der Waals surface area contributed by atoms with Crippen molar-refractivity contribution in [3.63, 3.8) is 0 Å². The van der Waals surface area contributed by atoms with Gasteiger partial charge in [0.25, 0.3) is 0 Å². The van der Waals surface area contributed by atoms with Crippen LogP contribution in [0.2, 0.25) is 0 Å². The summed E-state index contributed by atoms with van der Waals surface area (Å²) in [5, 5.41) is 0. The van der Waals surface area contributed by atoms with Crippen molar-refractivity contribution in [3.8, 4) is 5.88 Å². The van der Waals surface area contributed by atoms with Crippen LogP contribution in [-0.2, 0) is 0 Å². The fourth-order valence-electron chi connectivity index (χ4n) is 2.67. The van der Waals surface area contributed by atoms with Crippen molar-refractivity contribution in [3.05, 3.63) is 11.8 Å². The number of ether oxygens (including phenoxy) is 1. The van der Waals surface area contributed by atoms with Gasteiger partial charge in [-0.3, -0.25) is 0 Å². The molecule has 0 amide bonds. The Morgan fingerprint density at radius 1 is 1.42 bits per heavy atom. The minimum Gasteiger partial charge on any atom is -0.478 e. The first kappa shape index (κ1) is 12.7. The number of anilines is 1. The number of rotatable bonds is 5. The second-order valence-electron chi connectivity index (χ2n) is 5.86. The van der Waals surface area contributed by atoms with Crippen LogP contribution in [0.3, 0.4) is 0 Å². The zero-order chi connectivity index (χ0) is 13.5. The number of nitrogens with zero attached hydrogens (tertiary/aromatic N) is 3. The van der Waals surface area contributed by atoms with Crippen molar-refractivity contribution in [1.29, 1.82) is 0 Å². The highest BCUT2D eigenvalue weighted by Gasteiger charge is 2.51. The van der Waals surface area contributed by atoms with Crippen LogP contribution in [0.1, 0.15) is 31.9 Å². The zero-order valence-electron chi connectivity index (χ0n) is 11.7. The van der Waals surface area contributed by atoms with E-state index in [-0.39, 0.29) is 5.54 Å². The van der Waals surface area contributed by atoms with Crippen LogP contribution < -0.4 is 15.4 Å². The first-order chi connectivity index (χ1) is 9.10. The first-order valence-corrected chi connectivity index (χ1v) is 7.13. The second-order valence-corrected chi connectivity index (χ2v) is 5.86. The van der Waals surface area contributed by atoms with Crippen LogP contribution in [0, 0.1) is 12.8 Å². The molecular formula is C14H22N4O. The van der Waals surface area contributed by atoms with E-state index in [1.807, 2.05) is 13.0 Å². The maximum absolute atomic E-state index is 6.36. The summed E-state index contributed by atoms with van der Waals surface area (Å²) in [5.74, 6) is 2.14. The molecule has 1 saturated carbocycles. The minimum absolute atomic E-state index is 0.00244. The Kier molecular flexibility index (Phi) is 3.09. The molecule has 1 aromatic rings. The third kappa shape index (κ3) is 2.52. The molecule has 2 aliphatic rings. The van der Waals surface area contributed by atoms with Crippen molar-refractivity contribution < 1.29 is 4.74 Å². The molecule has 5 heteroatoms. The summed E-state index contributed by atoms with van der Waals surface area (Å²) in [7, 11) is 0. The van der Waals surface area contributed by atoms with Crippen LogP contribution in [0.25, 0.3) is 0 Å². The molecule has 1 aliphatic carbocycles. The lowest BCUT2D eigenvalue weighted by molar-refractivity contribution is 0.281. The number of hydrogen-bond donors (Lipinski definition) is 1. The van der Waals surface area contributed by atoms with E-state index in [0.717, 1.165) is 31.2 Å². The maximum Gasteiger partial charge on any atom is 0.228 e. The third-order valence-corrected chi connectivity index (χ3v) is 3.92. The van der Waals surface area contributed by atoms with E-state index < -0.39 is 0 Å². The Balaban J connectivity index is 1.69. The predicted molar refractivity (Wildman–Crippen MR) is 74.4 cm³/mol. The normalized spacial score (nSPS) is 21.1. The number of nitrogens with two attached hydrogens (primary N) is 1. The van der Waals surface area contributed by atoms with Gasteiger partial charge in [0.2, 0.25) is 11.8 Å². The summed E-state index contributed by atoms with van der Waals surface area (Å²) >= 11 is 0. The Bertz CT molecular complexity index is 467. The Morgan fingerprint density at radius 3 is 2.79 bits per heavy atom. The molecule has 0 radical (unpaired) electrons. The van der Waals surface area contributed by atoms with E-state index in [1.54, 1.807) is 0 Å². The van der Waals surface area contributed by atoms with E-state index in [0.29, 0.717) is 18.4 Å². The van der Waals surface area contributed by atoms with Crippen molar-refractivity contribution in [2.24, 2.45) is 11.7 Å². The molecule has 1 aromatic heterocycles. The van der Waals surface area contributed by atoms with Crippen LogP contribution in [-0.4, -0.2) is 35.2 Å². The van der Waals surface area contributed by atoms with Gasteiger partial charge in [0.15, 0.2) is 0 Å². The van der Waals surface area contributed by atoms with E-state index in [9.17, 15) is 0 Å². The Labute approximate surface area is 114 Å². The van der Waals surface area contributed by atoms with Gasteiger partial charge in [-0.05, 0) is 32.1 Å². The molecule has 0 unspecified atom stereocenters. The molecule has 1 aliphatic heterocycles. The zero-order valence-corrected chi connectivity index (χ0v) is 11.7. The predicted octanol–water partition coefficient (Wildman–Crippen LogP) is 1.50. The molecule has 104 valence electrons. The number of aryl methyl sites for hydroxylation is 1. The van der Waals surface area contributed by atoms with E-state index in [1.165, 1.54) is 12.8 Å². The van der Waals surface area contributed by atoms with Gasteiger partial charge in [-0.15, -0.1) is 0 Å². The Morgan fingerprint density at radius 2 is 2.16 bits per heavy atom. The molecule has 2 fully saturated rings. The molecule has 0 bridgehead atoms. The van der Waals surface area contributed by atoms with E-state index in [4.69, 9.17) is 10.5 Å². The highest BCUT2D eigenvalue weighted by Crippen LogP contribution is 2.43. The molecule has 2 heterocycles. The lowest BCUT2D eigenvalue weighted by atomic mass is 9.86. The van der Waals surface area contributed by atoms with Gasteiger partial charge in [0.05, 0.1) is 12.1 Å².